The SMILES string of the molecule is Cc1noc(C)c1C(C)NC(=O)C=Cc1cn(-c2ccccc2)nc1-c1cccnc1. The number of nitrogens with zero attached hydrogens (tertiary/aromatic N) is 4. The largest absolute Gasteiger partial charge is 0.361 e. The Hall–Kier alpha value is -4.00. The Bertz CT molecular complexity index is 1190. The van der Waals surface area contributed by atoms with Crippen molar-refractivity contribution in [2.24, 2.45) is 0 Å². The Labute approximate surface area is 180 Å². The summed E-state index contributed by atoms with van der Waals surface area (Å²) in [5.74, 6) is 0.495. The molecular weight excluding hydrogens is 390 g/mol. The molecule has 4 aromatic rings. The molecule has 7 nitrogen and oxygen atoms in total. The molecule has 0 saturated carbocycles. The summed E-state index contributed by atoms with van der Waals surface area (Å²) in [4.78, 5) is 16.8. The number of para-hydroxylation sites is 1. The predicted octanol–water partition coefficient (Wildman–Crippen LogP) is 4.43. The number of nitrogens with one attached hydrogen (secondary N) is 1. The normalized spacial score (nSPS) is 12.2. The van der Waals surface area contributed by atoms with Crippen LogP contribution >= 0.6 is 0 Å². The Morgan fingerprint density at radius 3 is 2.65 bits per heavy atom. The van der Waals surface area contributed by atoms with Crippen molar-refractivity contribution in [1.29, 1.82) is 0 Å². The van der Waals surface area contributed by atoms with Crippen LogP contribution in [0, 0.1) is 13.8 Å². The molecule has 0 saturated heterocycles. The number of aromatic nitrogens is 4. The number of benzene rings is 1. The van der Waals surface area contributed by atoms with E-state index in [4.69, 9.17) is 9.62 Å². The summed E-state index contributed by atoms with van der Waals surface area (Å²) in [7, 11) is 0. The van der Waals surface area contributed by atoms with E-state index in [2.05, 4.69) is 15.5 Å². The fraction of sp³-hybridized carbons (Fsp3) is 0.167. The third-order valence-electron chi connectivity index (χ3n) is 4.99. The molecule has 1 unspecified atom stereocenters. The zero-order valence-electron chi connectivity index (χ0n) is 17.6. The lowest BCUT2D eigenvalue weighted by molar-refractivity contribution is -0.117. The van der Waals surface area contributed by atoms with Crippen molar-refractivity contribution in [3.63, 3.8) is 0 Å². The first kappa shape index (κ1) is 20.3. The smallest absolute Gasteiger partial charge is 0.244 e. The minimum absolute atomic E-state index is 0.211. The van der Waals surface area contributed by atoms with Gasteiger partial charge in [0, 0.05) is 41.4 Å². The van der Waals surface area contributed by atoms with Crippen molar-refractivity contribution < 1.29 is 9.32 Å². The van der Waals surface area contributed by atoms with Crippen LogP contribution in [-0.2, 0) is 4.79 Å². The maximum absolute atomic E-state index is 12.6. The highest BCUT2D eigenvalue weighted by Crippen LogP contribution is 2.24. The summed E-state index contributed by atoms with van der Waals surface area (Å²) in [6.45, 7) is 5.61. The first-order chi connectivity index (χ1) is 15.0. The maximum Gasteiger partial charge on any atom is 0.244 e. The third-order valence-corrected chi connectivity index (χ3v) is 4.99. The second kappa shape index (κ2) is 8.79. The molecule has 4 rings (SSSR count). The van der Waals surface area contributed by atoms with Crippen LogP contribution in [0.4, 0.5) is 0 Å². The van der Waals surface area contributed by atoms with Crippen LogP contribution in [0.1, 0.15) is 35.5 Å². The molecular formula is C24H23N5O2. The lowest BCUT2D eigenvalue weighted by atomic mass is 10.1. The molecule has 0 spiro atoms. The average Bonchev–Trinajstić information content (AvgIpc) is 3.36. The third kappa shape index (κ3) is 4.45. The Kier molecular flexibility index (Phi) is 5.75. The van der Waals surface area contributed by atoms with Crippen molar-refractivity contribution in [2.45, 2.75) is 26.8 Å². The number of rotatable bonds is 6. The molecule has 0 radical (unpaired) electrons. The molecule has 1 N–H and O–H groups in total. The molecule has 156 valence electrons. The van der Waals surface area contributed by atoms with Gasteiger partial charge in [-0.15, -0.1) is 0 Å². The molecule has 0 aliphatic carbocycles. The topological polar surface area (TPSA) is 85.8 Å². The van der Waals surface area contributed by atoms with Gasteiger partial charge in [0.1, 0.15) is 11.5 Å². The van der Waals surface area contributed by atoms with E-state index >= 15 is 0 Å². The maximum atomic E-state index is 12.6. The van der Waals surface area contributed by atoms with Gasteiger partial charge in [0.15, 0.2) is 0 Å². The first-order valence-electron chi connectivity index (χ1n) is 9.99. The molecule has 31 heavy (non-hydrogen) atoms. The second-order valence-corrected chi connectivity index (χ2v) is 7.26. The molecule has 3 heterocycles. The zero-order chi connectivity index (χ0) is 21.8. The van der Waals surface area contributed by atoms with Gasteiger partial charge in [0.2, 0.25) is 5.91 Å². The molecule has 0 bridgehead atoms. The number of carbonyl (C=O) groups is 1. The summed E-state index contributed by atoms with van der Waals surface area (Å²) in [6, 6.07) is 13.4. The van der Waals surface area contributed by atoms with E-state index in [1.54, 1.807) is 23.2 Å². The summed E-state index contributed by atoms with van der Waals surface area (Å²) in [5.41, 5.74) is 5.05. The second-order valence-electron chi connectivity index (χ2n) is 7.26. The fourth-order valence-electron chi connectivity index (χ4n) is 3.56. The Balaban J connectivity index is 1.60. The standard InChI is InChI=1S/C24H23N5O2/c1-16(23-17(2)28-31-18(23)3)26-22(30)12-11-20-15-29(21-9-5-4-6-10-21)27-24(20)19-8-7-13-25-14-19/h4-16H,1-3H3,(H,26,30). The van der Waals surface area contributed by atoms with Crippen LogP contribution in [0.25, 0.3) is 23.0 Å². The minimum atomic E-state index is -0.215. The quantitative estimate of drug-likeness (QED) is 0.473. The van der Waals surface area contributed by atoms with Crippen LogP contribution in [0.2, 0.25) is 0 Å². The van der Waals surface area contributed by atoms with Gasteiger partial charge >= 0.3 is 0 Å². The van der Waals surface area contributed by atoms with E-state index in [1.807, 2.05) is 69.4 Å². The number of hydrogen-bond donors (Lipinski definition) is 1. The van der Waals surface area contributed by atoms with Gasteiger partial charge in [-0.25, -0.2) is 4.68 Å². The highest BCUT2D eigenvalue weighted by atomic mass is 16.5. The molecule has 1 amide bonds. The molecule has 1 atom stereocenters. The molecule has 0 fully saturated rings. The molecule has 7 heteroatoms. The number of hydrogen-bond acceptors (Lipinski definition) is 5. The van der Waals surface area contributed by atoms with Crippen LogP contribution in [-0.4, -0.2) is 25.8 Å². The number of aryl methyl sites for hydroxylation is 2. The van der Waals surface area contributed by atoms with Gasteiger partial charge in [-0.2, -0.15) is 5.10 Å². The number of amides is 1. The average molecular weight is 413 g/mol. The van der Waals surface area contributed by atoms with E-state index in [-0.39, 0.29) is 11.9 Å². The van der Waals surface area contributed by atoms with Crippen LogP contribution in [0.5, 0.6) is 0 Å². The minimum Gasteiger partial charge on any atom is -0.361 e. The monoisotopic (exact) mass is 413 g/mol. The van der Waals surface area contributed by atoms with E-state index in [0.717, 1.165) is 33.8 Å². The summed E-state index contributed by atoms with van der Waals surface area (Å²) in [6.07, 6.45) is 8.66. The van der Waals surface area contributed by atoms with E-state index in [9.17, 15) is 4.79 Å². The highest BCUT2D eigenvalue weighted by molar-refractivity contribution is 5.93. The van der Waals surface area contributed by atoms with Crippen LogP contribution in [0.3, 0.4) is 0 Å². The van der Waals surface area contributed by atoms with Crippen LogP contribution in [0.15, 0.2) is 71.7 Å². The van der Waals surface area contributed by atoms with Gasteiger partial charge in [-0.05, 0) is 51.1 Å². The van der Waals surface area contributed by atoms with Crippen molar-refractivity contribution in [2.75, 3.05) is 0 Å². The van der Waals surface area contributed by atoms with Gasteiger partial charge in [0.05, 0.1) is 17.4 Å². The predicted molar refractivity (Wildman–Crippen MR) is 118 cm³/mol. The highest BCUT2D eigenvalue weighted by Gasteiger charge is 2.17. The molecule has 0 aliphatic heterocycles. The Morgan fingerprint density at radius 1 is 1.16 bits per heavy atom. The summed E-state index contributed by atoms with van der Waals surface area (Å²) >= 11 is 0. The van der Waals surface area contributed by atoms with Crippen LogP contribution < -0.4 is 5.32 Å². The zero-order valence-corrected chi connectivity index (χ0v) is 17.6. The summed E-state index contributed by atoms with van der Waals surface area (Å²) in [5, 5.41) is 11.6. The van der Waals surface area contributed by atoms with Gasteiger partial charge in [0.25, 0.3) is 0 Å². The van der Waals surface area contributed by atoms with Crippen molar-refractivity contribution >= 4 is 12.0 Å². The number of carbonyl (C=O) groups excluding carboxylic acids is 1. The molecule has 1 aromatic carbocycles. The fourth-order valence-corrected chi connectivity index (χ4v) is 3.56. The molecule has 3 aromatic heterocycles. The van der Waals surface area contributed by atoms with E-state index < -0.39 is 0 Å². The lowest BCUT2D eigenvalue weighted by Crippen LogP contribution is -2.25. The van der Waals surface area contributed by atoms with E-state index in [0.29, 0.717) is 5.76 Å². The van der Waals surface area contributed by atoms with Crippen molar-refractivity contribution in [3.05, 3.63) is 89.7 Å². The Morgan fingerprint density at radius 2 is 1.97 bits per heavy atom. The van der Waals surface area contributed by atoms with E-state index in [1.165, 1.54) is 6.08 Å². The van der Waals surface area contributed by atoms with Crippen molar-refractivity contribution in [1.82, 2.24) is 25.2 Å². The summed E-state index contributed by atoms with van der Waals surface area (Å²) < 4.78 is 7.00. The van der Waals surface area contributed by atoms with Gasteiger partial charge in [-0.1, -0.05) is 23.4 Å². The lowest BCUT2D eigenvalue weighted by Gasteiger charge is -2.11. The van der Waals surface area contributed by atoms with Crippen molar-refractivity contribution in [3.8, 4) is 16.9 Å². The van der Waals surface area contributed by atoms with Gasteiger partial charge in [-0.3, -0.25) is 9.78 Å². The van der Waals surface area contributed by atoms with Gasteiger partial charge < -0.3 is 9.84 Å². The molecule has 0 aliphatic rings. The number of pyridine rings is 1. The first-order valence-corrected chi connectivity index (χ1v) is 9.99.